The van der Waals surface area contributed by atoms with Gasteiger partial charge in [0, 0.05) is 18.5 Å². The van der Waals surface area contributed by atoms with E-state index in [1.807, 2.05) is 11.3 Å². The van der Waals surface area contributed by atoms with Crippen molar-refractivity contribution in [1.29, 1.82) is 0 Å². The van der Waals surface area contributed by atoms with Crippen LogP contribution < -0.4 is 5.32 Å². The van der Waals surface area contributed by atoms with Crippen LogP contribution in [0.25, 0.3) is 11.0 Å². The Morgan fingerprint density at radius 3 is 3.15 bits per heavy atom. The Bertz CT molecular complexity index is 784. The van der Waals surface area contributed by atoms with E-state index in [1.165, 1.54) is 21.5 Å². The van der Waals surface area contributed by atoms with Gasteiger partial charge in [0.25, 0.3) is 0 Å². The highest BCUT2D eigenvalue weighted by atomic mass is 32.1. The number of rotatable bonds is 1. The normalized spacial score (nSPS) is 18.4. The van der Waals surface area contributed by atoms with Crippen molar-refractivity contribution >= 4 is 22.4 Å². The Morgan fingerprint density at radius 2 is 2.25 bits per heavy atom. The number of aryl methyl sites for hydroxylation is 2. The number of nitrogens with zero attached hydrogens (tertiary/aromatic N) is 2. The van der Waals surface area contributed by atoms with Crippen molar-refractivity contribution in [2.24, 2.45) is 7.05 Å². The standard InChI is InChI=1S/C16H17N3S/c1-10-3-4-13-12(9-10)18-16(19(13)2)15-11-6-8-20-14(11)5-7-17-15/h3-4,6,8-9,15,17H,5,7H2,1-2H3. The molecule has 1 atom stereocenters. The van der Waals surface area contributed by atoms with E-state index in [4.69, 9.17) is 4.98 Å². The second-order valence-electron chi connectivity index (χ2n) is 5.46. The first-order valence-corrected chi connectivity index (χ1v) is 7.84. The van der Waals surface area contributed by atoms with Gasteiger partial charge in [0.2, 0.25) is 0 Å². The molecule has 4 heteroatoms. The predicted octanol–water partition coefficient (Wildman–Crippen LogP) is 3.18. The lowest BCUT2D eigenvalue weighted by molar-refractivity contribution is 0.538. The van der Waals surface area contributed by atoms with Crippen LogP contribution in [0.1, 0.15) is 27.9 Å². The number of nitrogens with one attached hydrogen (secondary N) is 1. The molecule has 3 aromatic rings. The first kappa shape index (κ1) is 12.1. The first-order chi connectivity index (χ1) is 9.74. The van der Waals surface area contributed by atoms with Gasteiger partial charge >= 0.3 is 0 Å². The van der Waals surface area contributed by atoms with E-state index in [-0.39, 0.29) is 6.04 Å². The summed E-state index contributed by atoms with van der Waals surface area (Å²) in [5, 5.41) is 5.81. The topological polar surface area (TPSA) is 29.9 Å². The third-order valence-electron chi connectivity index (χ3n) is 4.12. The van der Waals surface area contributed by atoms with Gasteiger partial charge in [-0.3, -0.25) is 0 Å². The Morgan fingerprint density at radius 1 is 1.35 bits per heavy atom. The zero-order chi connectivity index (χ0) is 13.7. The van der Waals surface area contributed by atoms with Crippen LogP contribution in [0, 0.1) is 6.92 Å². The molecule has 1 aliphatic heterocycles. The highest BCUT2D eigenvalue weighted by Gasteiger charge is 2.26. The lowest BCUT2D eigenvalue weighted by Gasteiger charge is -2.23. The van der Waals surface area contributed by atoms with E-state index in [1.54, 1.807) is 0 Å². The molecule has 0 radical (unpaired) electrons. The van der Waals surface area contributed by atoms with Crippen LogP contribution in [0.15, 0.2) is 29.6 Å². The molecule has 0 fully saturated rings. The number of benzene rings is 1. The lowest BCUT2D eigenvalue weighted by Crippen LogP contribution is -2.31. The summed E-state index contributed by atoms with van der Waals surface area (Å²) in [6, 6.07) is 8.94. The third-order valence-corrected chi connectivity index (χ3v) is 5.12. The molecular weight excluding hydrogens is 266 g/mol. The fraction of sp³-hybridized carbons (Fsp3) is 0.312. The van der Waals surface area contributed by atoms with Crippen LogP contribution in [0.5, 0.6) is 0 Å². The molecule has 1 aromatic carbocycles. The molecule has 1 N–H and O–H groups in total. The largest absolute Gasteiger partial charge is 0.329 e. The van der Waals surface area contributed by atoms with Gasteiger partial charge in [0.05, 0.1) is 17.1 Å². The van der Waals surface area contributed by atoms with Crippen LogP contribution in [-0.2, 0) is 13.5 Å². The van der Waals surface area contributed by atoms with E-state index in [0.717, 1.165) is 24.3 Å². The summed E-state index contributed by atoms with van der Waals surface area (Å²) in [6.45, 7) is 3.14. The molecule has 20 heavy (non-hydrogen) atoms. The van der Waals surface area contributed by atoms with Gasteiger partial charge in [0.1, 0.15) is 5.82 Å². The van der Waals surface area contributed by atoms with Gasteiger partial charge in [-0.25, -0.2) is 4.98 Å². The molecule has 0 saturated heterocycles. The lowest BCUT2D eigenvalue weighted by atomic mass is 10.0. The maximum atomic E-state index is 4.88. The maximum Gasteiger partial charge on any atom is 0.131 e. The van der Waals surface area contributed by atoms with Crippen molar-refractivity contribution in [2.45, 2.75) is 19.4 Å². The highest BCUT2D eigenvalue weighted by Crippen LogP contribution is 2.32. The van der Waals surface area contributed by atoms with Gasteiger partial charge in [-0.1, -0.05) is 6.07 Å². The van der Waals surface area contributed by atoms with Crippen LogP contribution >= 0.6 is 11.3 Å². The number of hydrogen-bond acceptors (Lipinski definition) is 3. The fourth-order valence-electron chi connectivity index (χ4n) is 3.07. The minimum absolute atomic E-state index is 0.225. The van der Waals surface area contributed by atoms with Crippen molar-refractivity contribution in [1.82, 2.24) is 14.9 Å². The molecule has 0 aliphatic carbocycles. The molecule has 4 rings (SSSR count). The Kier molecular flexibility index (Phi) is 2.69. The van der Waals surface area contributed by atoms with Gasteiger partial charge in [-0.15, -0.1) is 11.3 Å². The average molecular weight is 283 g/mol. The molecule has 0 amide bonds. The van der Waals surface area contributed by atoms with E-state index in [0.29, 0.717) is 0 Å². The second kappa shape index (κ2) is 4.43. The zero-order valence-corrected chi connectivity index (χ0v) is 12.5. The van der Waals surface area contributed by atoms with E-state index >= 15 is 0 Å². The molecule has 0 saturated carbocycles. The fourth-order valence-corrected chi connectivity index (χ4v) is 3.99. The molecule has 1 aliphatic rings. The Hall–Kier alpha value is -1.65. The van der Waals surface area contributed by atoms with Crippen LogP contribution in [0.4, 0.5) is 0 Å². The zero-order valence-electron chi connectivity index (χ0n) is 11.7. The minimum Gasteiger partial charge on any atom is -0.329 e. The predicted molar refractivity (Wildman–Crippen MR) is 83.3 cm³/mol. The van der Waals surface area contributed by atoms with Gasteiger partial charge in [0.15, 0.2) is 0 Å². The number of thiophene rings is 1. The van der Waals surface area contributed by atoms with Crippen molar-refractivity contribution in [2.75, 3.05) is 6.54 Å². The van der Waals surface area contributed by atoms with E-state index in [9.17, 15) is 0 Å². The summed E-state index contributed by atoms with van der Waals surface area (Å²) in [5.74, 6) is 1.12. The second-order valence-corrected chi connectivity index (χ2v) is 6.46. The molecule has 1 unspecified atom stereocenters. The smallest absolute Gasteiger partial charge is 0.131 e. The van der Waals surface area contributed by atoms with Gasteiger partial charge < -0.3 is 9.88 Å². The molecule has 102 valence electrons. The molecule has 3 nitrogen and oxygen atoms in total. The monoisotopic (exact) mass is 283 g/mol. The number of hydrogen-bond donors (Lipinski definition) is 1. The minimum atomic E-state index is 0.225. The summed E-state index contributed by atoms with van der Waals surface area (Å²) < 4.78 is 2.22. The third kappa shape index (κ3) is 1.72. The van der Waals surface area contributed by atoms with Crippen LogP contribution in [-0.4, -0.2) is 16.1 Å². The average Bonchev–Trinajstić information content (AvgIpc) is 3.03. The molecular formula is C16H17N3S. The molecule has 0 bridgehead atoms. The summed E-state index contributed by atoms with van der Waals surface area (Å²) >= 11 is 1.86. The summed E-state index contributed by atoms with van der Waals surface area (Å²) in [6.07, 6.45) is 1.13. The molecule has 2 aromatic heterocycles. The van der Waals surface area contributed by atoms with Crippen molar-refractivity contribution in [3.63, 3.8) is 0 Å². The van der Waals surface area contributed by atoms with Crippen LogP contribution in [0.3, 0.4) is 0 Å². The summed E-state index contributed by atoms with van der Waals surface area (Å²) in [7, 11) is 2.11. The molecule has 3 heterocycles. The SMILES string of the molecule is Cc1ccc2c(c1)nc(C1NCCc3sccc31)n2C. The highest BCUT2D eigenvalue weighted by molar-refractivity contribution is 7.10. The first-order valence-electron chi connectivity index (χ1n) is 6.96. The van der Waals surface area contributed by atoms with Crippen molar-refractivity contribution in [3.05, 3.63) is 51.5 Å². The van der Waals surface area contributed by atoms with Gasteiger partial charge in [-0.05, 0) is 48.1 Å². The van der Waals surface area contributed by atoms with Gasteiger partial charge in [-0.2, -0.15) is 0 Å². The number of imidazole rings is 1. The van der Waals surface area contributed by atoms with Crippen molar-refractivity contribution in [3.8, 4) is 0 Å². The summed E-state index contributed by atoms with van der Waals surface area (Å²) in [4.78, 5) is 6.38. The Balaban J connectivity index is 1.90. The van der Waals surface area contributed by atoms with Crippen molar-refractivity contribution < 1.29 is 0 Å². The summed E-state index contributed by atoms with van der Waals surface area (Å²) in [5.41, 5.74) is 4.95. The number of fused-ring (bicyclic) bond motifs is 2. The quantitative estimate of drug-likeness (QED) is 0.743. The van der Waals surface area contributed by atoms with E-state index < -0.39 is 0 Å². The van der Waals surface area contributed by atoms with Crippen LogP contribution in [0.2, 0.25) is 0 Å². The Labute approximate surface area is 122 Å². The maximum absolute atomic E-state index is 4.88. The number of aromatic nitrogens is 2. The molecule has 0 spiro atoms. The van der Waals surface area contributed by atoms with E-state index in [2.05, 4.69) is 53.5 Å².